The number of nitrogens with zero attached hydrogens (tertiary/aromatic N) is 1. The highest BCUT2D eigenvalue weighted by Crippen LogP contribution is 2.40. The van der Waals surface area contributed by atoms with Gasteiger partial charge in [-0.2, -0.15) is 0 Å². The van der Waals surface area contributed by atoms with Gasteiger partial charge in [0.15, 0.2) is 0 Å². The van der Waals surface area contributed by atoms with E-state index < -0.39 is 11.9 Å². The van der Waals surface area contributed by atoms with E-state index in [2.05, 4.69) is 0 Å². The van der Waals surface area contributed by atoms with Crippen LogP contribution in [0.5, 0.6) is 0 Å². The Bertz CT molecular complexity index is 291. The van der Waals surface area contributed by atoms with Crippen molar-refractivity contribution in [1.82, 2.24) is 4.90 Å². The fourth-order valence-corrected chi connectivity index (χ4v) is 2.16. The fraction of sp³-hybridized carbons (Fsp3) is 0.800. The molecule has 0 aromatic carbocycles. The van der Waals surface area contributed by atoms with Gasteiger partial charge in [0, 0.05) is 25.6 Å². The molecule has 2 fully saturated rings. The maximum Gasteiger partial charge on any atom is 0.307 e. The van der Waals surface area contributed by atoms with E-state index in [1.54, 1.807) is 4.90 Å². The summed E-state index contributed by atoms with van der Waals surface area (Å²) in [6, 6.07) is 0. The number of likely N-dealkylation sites (tertiary alicyclic amines) is 1. The topological polar surface area (TPSA) is 77.8 Å². The van der Waals surface area contributed by atoms with Crippen molar-refractivity contribution >= 4 is 11.9 Å². The van der Waals surface area contributed by atoms with Crippen LogP contribution in [0.4, 0.5) is 0 Å². The molecule has 2 N–H and O–H groups in total. The first-order chi connectivity index (χ1) is 7.13. The monoisotopic (exact) mass is 213 g/mol. The number of carboxylic acids is 1. The highest BCUT2D eigenvalue weighted by molar-refractivity contribution is 5.89. The van der Waals surface area contributed by atoms with Gasteiger partial charge in [-0.25, -0.2) is 0 Å². The van der Waals surface area contributed by atoms with E-state index in [1.807, 2.05) is 0 Å². The molecule has 15 heavy (non-hydrogen) atoms. The lowest BCUT2D eigenvalue weighted by molar-refractivity contribution is -0.141. The Hall–Kier alpha value is -1.10. The number of hydrogen-bond donors (Lipinski definition) is 2. The van der Waals surface area contributed by atoms with Gasteiger partial charge in [0.05, 0.1) is 11.8 Å². The van der Waals surface area contributed by atoms with Gasteiger partial charge in [-0.1, -0.05) is 0 Å². The maximum absolute atomic E-state index is 11.8. The van der Waals surface area contributed by atoms with Crippen molar-refractivity contribution in [3.8, 4) is 0 Å². The van der Waals surface area contributed by atoms with Crippen LogP contribution in [0.1, 0.15) is 12.8 Å². The van der Waals surface area contributed by atoms with Crippen LogP contribution < -0.4 is 0 Å². The number of aliphatic hydroxyl groups is 1. The van der Waals surface area contributed by atoms with Crippen LogP contribution in [0.25, 0.3) is 0 Å². The summed E-state index contributed by atoms with van der Waals surface area (Å²) in [5.74, 6) is -1.51. The van der Waals surface area contributed by atoms with E-state index in [9.17, 15) is 9.59 Å². The van der Waals surface area contributed by atoms with Gasteiger partial charge in [-0.15, -0.1) is 0 Å². The minimum atomic E-state index is -0.869. The minimum absolute atomic E-state index is 0.0432. The standard InChI is InChI=1S/C10H15NO4/c12-5-6-1-2-11(4-6)9(13)7-3-8(7)10(14)15/h6-8,12H,1-5H2,(H,14,15). The lowest BCUT2D eigenvalue weighted by Crippen LogP contribution is -2.31. The van der Waals surface area contributed by atoms with Gasteiger partial charge in [-0.3, -0.25) is 9.59 Å². The van der Waals surface area contributed by atoms with E-state index in [1.165, 1.54) is 0 Å². The average molecular weight is 213 g/mol. The lowest BCUT2D eigenvalue weighted by Gasteiger charge is -2.15. The summed E-state index contributed by atoms with van der Waals surface area (Å²) >= 11 is 0. The predicted octanol–water partition coefficient (Wildman–Crippen LogP) is -0.452. The van der Waals surface area contributed by atoms with Crippen molar-refractivity contribution in [3.05, 3.63) is 0 Å². The number of aliphatic carboxylic acids is 1. The summed E-state index contributed by atoms with van der Waals surface area (Å²) in [4.78, 5) is 24.1. The van der Waals surface area contributed by atoms with E-state index in [4.69, 9.17) is 10.2 Å². The lowest BCUT2D eigenvalue weighted by atomic mass is 10.1. The summed E-state index contributed by atoms with van der Waals surface area (Å²) in [7, 11) is 0. The molecule has 0 spiro atoms. The van der Waals surface area contributed by atoms with Crippen molar-refractivity contribution in [1.29, 1.82) is 0 Å². The minimum Gasteiger partial charge on any atom is -0.481 e. The quantitative estimate of drug-likeness (QED) is 0.665. The zero-order valence-corrected chi connectivity index (χ0v) is 8.43. The summed E-state index contributed by atoms with van der Waals surface area (Å²) in [6.07, 6.45) is 1.31. The third kappa shape index (κ3) is 1.97. The molecule has 1 saturated heterocycles. The molecule has 0 radical (unpaired) electrons. The van der Waals surface area contributed by atoms with Gasteiger partial charge in [-0.05, 0) is 12.8 Å². The van der Waals surface area contributed by atoms with Crippen LogP contribution in [-0.2, 0) is 9.59 Å². The van der Waals surface area contributed by atoms with E-state index >= 15 is 0 Å². The first-order valence-corrected chi connectivity index (χ1v) is 5.26. The third-order valence-electron chi connectivity index (χ3n) is 3.28. The maximum atomic E-state index is 11.8. The van der Waals surface area contributed by atoms with Crippen LogP contribution in [0.2, 0.25) is 0 Å². The number of carbonyl (C=O) groups is 2. The third-order valence-corrected chi connectivity index (χ3v) is 3.28. The molecule has 0 aromatic heterocycles. The highest BCUT2D eigenvalue weighted by Gasteiger charge is 2.50. The number of aliphatic hydroxyl groups excluding tert-OH is 1. The van der Waals surface area contributed by atoms with Crippen LogP contribution in [0, 0.1) is 17.8 Å². The molecule has 1 saturated carbocycles. The smallest absolute Gasteiger partial charge is 0.307 e. The summed E-state index contributed by atoms with van der Waals surface area (Å²) in [6.45, 7) is 1.35. The first-order valence-electron chi connectivity index (χ1n) is 5.26. The Labute approximate surface area is 87.7 Å². The molecule has 0 bridgehead atoms. The van der Waals surface area contributed by atoms with E-state index in [-0.39, 0.29) is 24.3 Å². The molecule has 0 aromatic rings. The van der Waals surface area contributed by atoms with Crippen LogP contribution in [0.15, 0.2) is 0 Å². The van der Waals surface area contributed by atoms with Crippen molar-refractivity contribution in [2.45, 2.75) is 12.8 Å². The molecule has 5 nitrogen and oxygen atoms in total. The van der Waals surface area contributed by atoms with Crippen LogP contribution in [-0.4, -0.2) is 46.7 Å². The predicted molar refractivity (Wildman–Crippen MR) is 51.0 cm³/mol. The molecule has 3 unspecified atom stereocenters. The summed E-state index contributed by atoms with van der Waals surface area (Å²) < 4.78 is 0. The largest absolute Gasteiger partial charge is 0.481 e. The molecular formula is C10H15NO4. The van der Waals surface area contributed by atoms with Gasteiger partial charge >= 0.3 is 5.97 Å². The molecule has 2 aliphatic rings. The van der Waals surface area contributed by atoms with Crippen LogP contribution >= 0.6 is 0 Å². The second-order valence-corrected chi connectivity index (χ2v) is 4.41. The molecule has 5 heteroatoms. The second kappa shape index (κ2) is 3.81. The van der Waals surface area contributed by atoms with Gasteiger partial charge in [0.1, 0.15) is 0 Å². The van der Waals surface area contributed by atoms with Gasteiger partial charge < -0.3 is 15.1 Å². The Morgan fingerprint density at radius 3 is 2.53 bits per heavy atom. The summed E-state index contributed by atoms with van der Waals surface area (Å²) in [5, 5.41) is 17.6. The SMILES string of the molecule is O=C(O)C1CC1C(=O)N1CCC(CO)C1. The highest BCUT2D eigenvalue weighted by atomic mass is 16.4. The van der Waals surface area contributed by atoms with Crippen molar-refractivity contribution < 1.29 is 19.8 Å². The molecule has 1 heterocycles. The van der Waals surface area contributed by atoms with Crippen molar-refractivity contribution in [2.75, 3.05) is 19.7 Å². The molecule has 1 amide bonds. The number of carboxylic acid groups (broad SMARTS) is 1. The van der Waals surface area contributed by atoms with E-state index in [0.29, 0.717) is 19.5 Å². The van der Waals surface area contributed by atoms with Gasteiger partial charge in [0.25, 0.3) is 0 Å². The van der Waals surface area contributed by atoms with E-state index in [0.717, 1.165) is 6.42 Å². The van der Waals surface area contributed by atoms with Crippen molar-refractivity contribution in [3.63, 3.8) is 0 Å². The fourth-order valence-electron chi connectivity index (χ4n) is 2.16. The molecule has 2 rings (SSSR count). The molecule has 1 aliphatic heterocycles. The first kappa shape index (κ1) is 10.4. The van der Waals surface area contributed by atoms with Gasteiger partial charge in [0.2, 0.25) is 5.91 Å². The zero-order valence-electron chi connectivity index (χ0n) is 8.43. The van der Waals surface area contributed by atoms with Crippen LogP contribution in [0.3, 0.4) is 0 Å². The second-order valence-electron chi connectivity index (χ2n) is 4.41. The normalized spacial score (nSPS) is 34.2. The number of amides is 1. The Morgan fingerprint density at radius 1 is 1.33 bits per heavy atom. The summed E-state index contributed by atoms with van der Waals surface area (Å²) in [5.41, 5.74) is 0. The zero-order chi connectivity index (χ0) is 11.0. The number of hydrogen-bond acceptors (Lipinski definition) is 3. The molecular weight excluding hydrogens is 198 g/mol. The number of rotatable bonds is 3. The Kier molecular flexibility index (Phi) is 2.65. The molecule has 3 atom stereocenters. The molecule has 1 aliphatic carbocycles. The Balaban J connectivity index is 1.86. The number of carbonyl (C=O) groups excluding carboxylic acids is 1. The Morgan fingerprint density at radius 2 is 2.07 bits per heavy atom. The van der Waals surface area contributed by atoms with Crippen molar-refractivity contribution in [2.24, 2.45) is 17.8 Å². The average Bonchev–Trinajstić information content (AvgIpc) is 2.88. The molecule has 84 valence electrons.